The zero-order valence-electron chi connectivity index (χ0n) is 15.0. The van der Waals surface area contributed by atoms with Crippen molar-refractivity contribution in [1.82, 2.24) is 14.8 Å². The number of anilines is 1. The van der Waals surface area contributed by atoms with Gasteiger partial charge in [0.1, 0.15) is 6.33 Å². The summed E-state index contributed by atoms with van der Waals surface area (Å²) in [6.07, 6.45) is 1.65. The number of hydrogen-bond donors (Lipinski definition) is 1. The second-order valence-electron chi connectivity index (χ2n) is 6.12. The number of nitrogens with one attached hydrogen (secondary N) is 1. The SMILES string of the molecule is Cc1ccc(-n2cnnc2SC(C)C(=O)Nc2c(Cl)cccc2Cl)c(C)c1. The third-order valence-electron chi connectivity index (χ3n) is 3.99. The number of aromatic nitrogens is 3. The molecule has 2 aromatic carbocycles. The Morgan fingerprint density at radius 3 is 2.56 bits per heavy atom. The van der Waals surface area contributed by atoms with Gasteiger partial charge in [0.15, 0.2) is 5.16 Å². The standard InChI is InChI=1S/C19H18Cl2N4OS/c1-11-7-8-16(12(2)9-11)25-10-22-24-19(25)27-13(3)18(26)23-17-14(20)5-4-6-15(17)21/h4-10,13H,1-3H3,(H,23,26). The second kappa shape index (κ2) is 8.33. The van der Waals surface area contributed by atoms with Crippen molar-refractivity contribution in [2.45, 2.75) is 31.2 Å². The first-order valence-electron chi connectivity index (χ1n) is 8.26. The zero-order chi connectivity index (χ0) is 19.6. The van der Waals surface area contributed by atoms with E-state index in [1.807, 2.05) is 30.5 Å². The number of carbonyl (C=O) groups is 1. The number of rotatable bonds is 5. The molecule has 3 rings (SSSR count). The van der Waals surface area contributed by atoms with Gasteiger partial charge in [0.25, 0.3) is 0 Å². The molecular weight excluding hydrogens is 403 g/mol. The average molecular weight is 421 g/mol. The molecule has 1 heterocycles. The Morgan fingerprint density at radius 1 is 1.19 bits per heavy atom. The molecule has 0 spiro atoms. The van der Waals surface area contributed by atoms with Gasteiger partial charge in [-0.05, 0) is 44.5 Å². The van der Waals surface area contributed by atoms with Gasteiger partial charge in [-0.3, -0.25) is 9.36 Å². The van der Waals surface area contributed by atoms with Gasteiger partial charge >= 0.3 is 0 Å². The molecule has 0 radical (unpaired) electrons. The molecule has 1 amide bonds. The van der Waals surface area contributed by atoms with Gasteiger partial charge in [0.2, 0.25) is 5.91 Å². The molecule has 0 aliphatic heterocycles. The van der Waals surface area contributed by atoms with E-state index in [4.69, 9.17) is 23.2 Å². The molecule has 0 bridgehead atoms. The van der Waals surface area contributed by atoms with E-state index in [1.54, 1.807) is 31.5 Å². The van der Waals surface area contributed by atoms with Crippen LogP contribution in [0, 0.1) is 13.8 Å². The van der Waals surface area contributed by atoms with Crippen molar-refractivity contribution in [1.29, 1.82) is 0 Å². The minimum Gasteiger partial charge on any atom is -0.323 e. The van der Waals surface area contributed by atoms with Crippen LogP contribution in [-0.4, -0.2) is 25.9 Å². The van der Waals surface area contributed by atoms with Crippen LogP contribution in [0.2, 0.25) is 10.0 Å². The van der Waals surface area contributed by atoms with Crippen molar-refractivity contribution in [2.75, 3.05) is 5.32 Å². The van der Waals surface area contributed by atoms with E-state index in [9.17, 15) is 4.79 Å². The van der Waals surface area contributed by atoms with Gasteiger partial charge in [0, 0.05) is 0 Å². The van der Waals surface area contributed by atoms with Crippen molar-refractivity contribution < 1.29 is 4.79 Å². The van der Waals surface area contributed by atoms with Gasteiger partial charge in [-0.1, -0.05) is 58.7 Å². The molecule has 0 aliphatic rings. The van der Waals surface area contributed by atoms with E-state index in [1.165, 1.54) is 17.3 Å². The second-order valence-corrected chi connectivity index (χ2v) is 8.24. The van der Waals surface area contributed by atoms with Crippen LogP contribution in [0.1, 0.15) is 18.1 Å². The van der Waals surface area contributed by atoms with Crippen LogP contribution in [0.3, 0.4) is 0 Å². The summed E-state index contributed by atoms with van der Waals surface area (Å²) in [4.78, 5) is 12.6. The normalized spacial score (nSPS) is 12.0. The van der Waals surface area contributed by atoms with E-state index in [2.05, 4.69) is 21.6 Å². The van der Waals surface area contributed by atoms with Crippen LogP contribution in [0.4, 0.5) is 5.69 Å². The Balaban J connectivity index is 1.78. The topological polar surface area (TPSA) is 59.8 Å². The van der Waals surface area contributed by atoms with Gasteiger partial charge in [-0.15, -0.1) is 10.2 Å². The van der Waals surface area contributed by atoms with Crippen LogP contribution in [0.25, 0.3) is 5.69 Å². The van der Waals surface area contributed by atoms with Gasteiger partial charge in [-0.25, -0.2) is 0 Å². The molecule has 0 saturated heterocycles. The highest BCUT2D eigenvalue weighted by Crippen LogP contribution is 2.31. The maximum atomic E-state index is 12.6. The Labute approximate surface area is 172 Å². The summed E-state index contributed by atoms with van der Waals surface area (Å²) in [7, 11) is 0. The van der Waals surface area contributed by atoms with Gasteiger partial charge in [-0.2, -0.15) is 0 Å². The Morgan fingerprint density at radius 2 is 1.89 bits per heavy atom. The number of hydrogen-bond acceptors (Lipinski definition) is 4. The zero-order valence-corrected chi connectivity index (χ0v) is 17.4. The Bertz CT molecular complexity index is 969. The lowest BCUT2D eigenvalue weighted by Gasteiger charge is -2.15. The number of thioether (sulfide) groups is 1. The van der Waals surface area contributed by atoms with Crippen LogP contribution in [0.5, 0.6) is 0 Å². The summed E-state index contributed by atoms with van der Waals surface area (Å²) in [6, 6.07) is 11.2. The molecule has 140 valence electrons. The number of nitrogens with zero attached hydrogens (tertiary/aromatic N) is 3. The van der Waals surface area contributed by atoms with E-state index >= 15 is 0 Å². The molecule has 5 nitrogen and oxygen atoms in total. The van der Waals surface area contributed by atoms with E-state index in [-0.39, 0.29) is 5.91 Å². The highest BCUT2D eigenvalue weighted by atomic mass is 35.5. The predicted molar refractivity (Wildman–Crippen MR) is 111 cm³/mol. The fraction of sp³-hybridized carbons (Fsp3) is 0.211. The molecule has 1 aromatic heterocycles. The third-order valence-corrected chi connectivity index (χ3v) is 5.68. The molecule has 0 aliphatic carbocycles. The largest absolute Gasteiger partial charge is 0.323 e. The molecule has 0 saturated carbocycles. The Hall–Kier alpha value is -2.02. The first-order chi connectivity index (χ1) is 12.9. The third kappa shape index (κ3) is 4.46. The molecular formula is C19H18Cl2N4OS. The lowest BCUT2D eigenvalue weighted by molar-refractivity contribution is -0.115. The number of amides is 1. The van der Waals surface area contributed by atoms with Crippen molar-refractivity contribution in [3.8, 4) is 5.69 Å². The lowest BCUT2D eigenvalue weighted by atomic mass is 10.1. The monoisotopic (exact) mass is 420 g/mol. The van der Waals surface area contributed by atoms with E-state index < -0.39 is 5.25 Å². The summed E-state index contributed by atoms with van der Waals surface area (Å²) in [5.74, 6) is -0.217. The number of carbonyl (C=O) groups excluding carboxylic acids is 1. The molecule has 0 fully saturated rings. The fourth-order valence-corrected chi connectivity index (χ4v) is 3.93. The number of benzene rings is 2. The number of para-hydroxylation sites is 1. The molecule has 8 heteroatoms. The summed E-state index contributed by atoms with van der Waals surface area (Å²) in [5.41, 5.74) is 3.68. The first kappa shape index (κ1) is 19.7. The van der Waals surface area contributed by atoms with Crippen molar-refractivity contribution in [2.24, 2.45) is 0 Å². The quantitative estimate of drug-likeness (QED) is 0.568. The van der Waals surface area contributed by atoms with Gasteiger partial charge in [0.05, 0.1) is 26.7 Å². The Kier molecular flexibility index (Phi) is 6.09. The van der Waals surface area contributed by atoms with E-state index in [0.717, 1.165) is 11.3 Å². The van der Waals surface area contributed by atoms with Crippen LogP contribution >= 0.6 is 35.0 Å². The van der Waals surface area contributed by atoms with Crippen molar-refractivity contribution in [3.05, 3.63) is 63.9 Å². The van der Waals surface area contributed by atoms with Crippen LogP contribution < -0.4 is 5.32 Å². The van der Waals surface area contributed by atoms with Crippen LogP contribution in [-0.2, 0) is 4.79 Å². The maximum absolute atomic E-state index is 12.6. The fourth-order valence-electron chi connectivity index (χ4n) is 2.60. The highest BCUT2D eigenvalue weighted by Gasteiger charge is 2.20. The molecule has 1 atom stereocenters. The molecule has 27 heavy (non-hydrogen) atoms. The first-order valence-corrected chi connectivity index (χ1v) is 9.89. The minimum atomic E-state index is -0.425. The lowest BCUT2D eigenvalue weighted by Crippen LogP contribution is -2.23. The number of aryl methyl sites for hydroxylation is 2. The molecule has 1 N–H and O–H groups in total. The number of halogens is 2. The summed E-state index contributed by atoms with van der Waals surface area (Å²) < 4.78 is 1.88. The van der Waals surface area contributed by atoms with Crippen molar-refractivity contribution >= 4 is 46.6 Å². The molecule has 1 unspecified atom stereocenters. The summed E-state index contributed by atoms with van der Waals surface area (Å²) in [5, 5.41) is 12.0. The summed E-state index contributed by atoms with van der Waals surface area (Å²) in [6.45, 7) is 5.88. The maximum Gasteiger partial charge on any atom is 0.237 e. The van der Waals surface area contributed by atoms with Gasteiger partial charge < -0.3 is 5.32 Å². The smallest absolute Gasteiger partial charge is 0.237 e. The predicted octanol–water partition coefficient (Wildman–Crippen LogP) is 5.31. The van der Waals surface area contributed by atoms with E-state index in [0.29, 0.717) is 20.9 Å². The van der Waals surface area contributed by atoms with Crippen LogP contribution in [0.15, 0.2) is 47.9 Å². The minimum absolute atomic E-state index is 0.217. The molecule has 3 aromatic rings. The highest BCUT2D eigenvalue weighted by molar-refractivity contribution is 8.00. The average Bonchev–Trinajstić information content (AvgIpc) is 3.06. The van der Waals surface area contributed by atoms with Crippen molar-refractivity contribution in [3.63, 3.8) is 0 Å². The summed E-state index contributed by atoms with van der Waals surface area (Å²) >= 11 is 13.6.